The first-order valence-corrected chi connectivity index (χ1v) is 8.02. The van der Waals surface area contributed by atoms with Crippen LogP contribution < -0.4 is 5.32 Å². The lowest BCUT2D eigenvalue weighted by molar-refractivity contribution is 0.0929. The van der Waals surface area contributed by atoms with Gasteiger partial charge in [0, 0.05) is 18.0 Å². The second-order valence-corrected chi connectivity index (χ2v) is 6.15. The minimum absolute atomic E-state index is 0.101. The van der Waals surface area contributed by atoms with E-state index >= 15 is 0 Å². The summed E-state index contributed by atoms with van der Waals surface area (Å²) >= 11 is 0. The lowest BCUT2D eigenvalue weighted by Gasteiger charge is -2.17. The largest absolute Gasteiger partial charge is 0.376 e. The minimum atomic E-state index is -0.261. The quantitative estimate of drug-likeness (QED) is 0.935. The zero-order chi connectivity index (χ0) is 17.1. The zero-order valence-electron chi connectivity index (χ0n) is 13.8. The lowest BCUT2D eigenvalue weighted by Crippen LogP contribution is -2.35. The molecule has 0 aliphatic carbocycles. The maximum Gasteiger partial charge on any atom is 0.272 e. The Kier molecular flexibility index (Phi) is 4.85. The van der Waals surface area contributed by atoms with Crippen LogP contribution in [0.3, 0.4) is 0 Å². The third-order valence-electron chi connectivity index (χ3n) is 4.14. The molecule has 2 heterocycles. The molecule has 2 aromatic rings. The predicted molar refractivity (Wildman–Crippen MR) is 87.2 cm³/mol. The molecule has 1 unspecified atom stereocenters. The van der Waals surface area contributed by atoms with Gasteiger partial charge in [0.2, 0.25) is 0 Å². The summed E-state index contributed by atoms with van der Waals surface area (Å²) in [6.07, 6.45) is 1.35. The van der Waals surface area contributed by atoms with E-state index in [0.717, 1.165) is 28.8 Å². The molecule has 1 aromatic heterocycles. The van der Waals surface area contributed by atoms with Gasteiger partial charge in [-0.1, -0.05) is 6.07 Å². The van der Waals surface area contributed by atoms with Crippen LogP contribution in [0.4, 0.5) is 4.39 Å². The van der Waals surface area contributed by atoms with Crippen LogP contribution in [0.25, 0.3) is 0 Å². The molecular formula is C18H20FN3O2. The molecule has 1 N–H and O–H groups in total. The lowest BCUT2D eigenvalue weighted by atomic mass is 10.0. The fourth-order valence-corrected chi connectivity index (χ4v) is 2.82. The molecule has 3 rings (SSSR count). The van der Waals surface area contributed by atoms with Crippen molar-refractivity contribution in [2.24, 2.45) is 0 Å². The SMILES string of the molecule is Cc1cc(F)ccc1CC(C)NC(=O)c1cc2c(nn1)CCOC2. The third kappa shape index (κ3) is 3.76. The maximum absolute atomic E-state index is 13.2. The van der Waals surface area contributed by atoms with Gasteiger partial charge in [0.05, 0.1) is 18.9 Å². The van der Waals surface area contributed by atoms with Crippen LogP contribution in [0.15, 0.2) is 24.3 Å². The highest BCUT2D eigenvalue weighted by atomic mass is 19.1. The molecule has 0 saturated heterocycles. The highest BCUT2D eigenvalue weighted by Crippen LogP contribution is 2.15. The van der Waals surface area contributed by atoms with E-state index in [9.17, 15) is 9.18 Å². The summed E-state index contributed by atoms with van der Waals surface area (Å²) in [7, 11) is 0. The average molecular weight is 329 g/mol. The second-order valence-electron chi connectivity index (χ2n) is 6.15. The van der Waals surface area contributed by atoms with Crippen molar-refractivity contribution in [1.82, 2.24) is 15.5 Å². The number of nitrogens with zero attached hydrogens (tertiary/aromatic N) is 2. The van der Waals surface area contributed by atoms with Crippen LogP contribution >= 0.6 is 0 Å². The summed E-state index contributed by atoms with van der Waals surface area (Å²) in [5.41, 5.74) is 3.99. The van der Waals surface area contributed by atoms with Gasteiger partial charge in [-0.2, -0.15) is 5.10 Å². The molecule has 0 bridgehead atoms. The molecule has 0 spiro atoms. The van der Waals surface area contributed by atoms with Gasteiger partial charge in [-0.15, -0.1) is 5.10 Å². The van der Waals surface area contributed by atoms with Gasteiger partial charge in [0.15, 0.2) is 5.69 Å². The molecule has 1 aliphatic heterocycles. The number of fused-ring (bicyclic) bond motifs is 1. The Hall–Kier alpha value is -2.34. The van der Waals surface area contributed by atoms with Gasteiger partial charge in [-0.3, -0.25) is 4.79 Å². The number of aryl methyl sites for hydroxylation is 1. The third-order valence-corrected chi connectivity index (χ3v) is 4.14. The van der Waals surface area contributed by atoms with Crippen molar-refractivity contribution in [2.75, 3.05) is 6.61 Å². The summed E-state index contributed by atoms with van der Waals surface area (Å²) < 4.78 is 18.5. The second kappa shape index (κ2) is 7.05. The van der Waals surface area contributed by atoms with E-state index in [0.29, 0.717) is 25.3 Å². The molecule has 1 atom stereocenters. The zero-order valence-corrected chi connectivity index (χ0v) is 13.8. The summed E-state index contributed by atoms with van der Waals surface area (Å²) in [6, 6.07) is 6.33. The Morgan fingerprint density at radius 2 is 2.21 bits per heavy atom. The Morgan fingerprint density at radius 1 is 1.38 bits per heavy atom. The molecule has 1 aliphatic rings. The van der Waals surface area contributed by atoms with Crippen LogP contribution in [0.2, 0.25) is 0 Å². The molecule has 1 amide bonds. The van der Waals surface area contributed by atoms with E-state index in [1.165, 1.54) is 12.1 Å². The van der Waals surface area contributed by atoms with Crippen LogP contribution in [0.5, 0.6) is 0 Å². The molecule has 126 valence electrons. The van der Waals surface area contributed by atoms with Gasteiger partial charge >= 0.3 is 0 Å². The Bertz CT molecular complexity index is 764. The highest BCUT2D eigenvalue weighted by Gasteiger charge is 2.17. The van der Waals surface area contributed by atoms with Gasteiger partial charge in [0.25, 0.3) is 5.91 Å². The Labute approximate surface area is 140 Å². The standard InChI is InChI=1S/C18H20FN3O2/c1-11-7-15(19)4-3-13(11)8-12(2)20-18(23)17-9-14-10-24-6-5-16(14)21-22-17/h3-4,7,9,12H,5-6,8,10H2,1-2H3,(H,20,23). The van der Waals surface area contributed by atoms with Crippen LogP contribution in [-0.4, -0.2) is 28.8 Å². The molecule has 5 nitrogen and oxygen atoms in total. The molecule has 0 radical (unpaired) electrons. The number of nitrogens with one attached hydrogen (secondary N) is 1. The maximum atomic E-state index is 13.2. The highest BCUT2D eigenvalue weighted by molar-refractivity contribution is 5.92. The van der Waals surface area contributed by atoms with Gasteiger partial charge in [-0.25, -0.2) is 4.39 Å². The number of carbonyl (C=O) groups is 1. The summed E-state index contributed by atoms with van der Waals surface area (Å²) in [6.45, 7) is 4.88. The van der Waals surface area contributed by atoms with Crippen LogP contribution in [0, 0.1) is 12.7 Å². The number of carbonyl (C=O) groups excluding carboxylic acids is 1. The average Bonchev–Trinajstić information content (AvgIpc) is 2.57. The minimum Gasteiger partial charge on any atom is -0.376 e. The number of halogens is 1. The molecule has 6 heteroatoms. The molecule has 1 aromatic carbocycles. The summed E-state index contributed by atoms with van der Waals surface area (Å²) in [5.74, 6) is -0.511. The first kappa shape index (κ1) is 16.5. The number of amides is 1. The van der Waals surface area contributed by atoms with Gasteiger partial charge in [0.1, 0.15) is 5.82 Å². The van der Waals surface area contributed by atoms with E-state index in [-0.39, 0.29) is 17.8 Å². The van der Waals surface area contributed by atoms with Crippen molar-refractivity contribution >= 4 is 5.91 Å². The van der Waals surface area contributed by atoms with Crippen molar-refractivity contribution in [2.45, 2.75) is 39.3 Å². The Morgan fingerprint density at radius 3 is 3.00 bits per heavy atom. The van der Waals surface area contributed by atoms with E-state index in [1.54, 1.807) is 12.1 Å². The van der Waals surface area contributed by atoms with Crippen molar-refractivity contribution in [1.29, 1.82) is 0 Å². The first-order valence-electron chi connectivity index (χ1n) is 8.02. The van der Waals surface area contributed by atoms with Gasteiger partial charge < -0.3 is 10.1 Å². The summed E-state index contributed by atoms with van der Waals surface area (Å²) in [5, 5.41) is 11.1. The van der Waals surface area contributed by atoms with E-state index in [1.807, 2.05) is 13.8 Å². The number of benzene rings is 1. The Balaban J connectivity index is 1.65. The number of ether oxygens (including phenoxy) is 1. The molecule has 0 fully saturated rings. The van der Waals surface area contributed by atoms with Crippen LogP contribution in [0.1, 0.15) is 39.8 Å². The van der Waals surface area contributed by atoms with Crippen molar-refractivity contribution < 1.29 is 13.9 Å². The number of hydrogen-bond donors (Lipinski definition) is 1. The topological polar surface area (TPSA) is 64.1 Å². The fourth-order valence-electron chi connectivity index (χ4n) is 2.82. The van der Waals surface area contributed by atoms with E-state index in [2.05, 4.69) is 15.5 Å². The number of rotatable bonds is 4. The predicted octanol–water partition coefficient (Wildman–Crippen LogP) is 2.36. The van der Waals surface area contributed by atoms with E-state index in [4.69, 9.17) is 4.74 Å². The monoisotopic (exact) mass is 329 g/mol. The van der Waals surface area contributed by atoms with Crippen molar-refractivity contribution in [3.05, 3.63) is 58.2 Å². The van der Waals surface area contributed by atoms with Crippen molar-refractivity contribution in [3.63, 3.8) is 0 Å². The molecule has 24 heavy (non-hydrogen) atoms. The van der Waals surface area contributed by atoms with Gasteiger partial charge in [-0.05, 0) is 49.6 Å². The molecule has 0 saturated carbocycles. The smallest absolute Gasteiger partial charge is 0.272 e. The molecular weight excluding hydrogens is 309 g/mol. The normalized spacial score (nSPS) is 14.8. The number of hydrogen-bond acceptors (Lipinski definition) is 4. The first-order chi connectivity index (χ1) is 11.5. The fraction of sp³-hybridized carbons (Fsp3) is 0.389. The van der Waals surface area contributed by atoms with Crippen LogP contribution in [-0.2, 0) is 24.2 Å². The van der Waals surface area contributed by atoms with Crippen molar-refractivity contribution in [3.8, 4) is 0 Å². The summed E-state index contributed by atoms with van der Waals surface area (Å²) in [4.78, 5) is 12.4. The van der Waals surface area contributed by atoms with E-state index < -0.39 is 0 Å². The number of aromatic nitrogens is 2.